The Labute approximate surface area is 157 Å². The summed E-state index contributed by atoms with van der Waals surface area (Å²) in [6, 6.07) is 17.4. The van der Waals surface area contributed by atoms with Crippen LogP contribution in [0.15, 0.2) is 48.5 Å². The Morgan fingerprint density at radius 3 is 2.42 bits per heavy atom. The molecule has 26 heavy (non-hydrogen) atoms. The minimum Gasteiger partial charge on any atom is -0.380 e. The fourth-order valence-electron chi connectivity index (χ4n) is 3.52. The fourth-order valence-corrected chi connectivity index (χ4v) is 3.52. The Balaban J connectivity index is 1.91. The van der Waals surface area contributed by atoms with Gasteiger partial charge in [-0.3, -0.25) is 0 Å². The molecular formula is C23H30N2O. The van der Waals surface area contributed by atoms with Gasteiger partial charge in [0.05, 0.1) is 17.6 Å². The number of fused-ring (bicyclic) bond motifs is 1. The number of para-hydroxylation sites is 2. The SMILES string of the molecule is CCOCCn1c([C@H](C)c2ccc(CC(C)C)cc2)nc2ccccc21. The zero-order valence-corrected chi connectivity index (χ0v) is 16.4. The van der Waals surface area contributed by atoms with Crippen molar-refractivity contribution in [3.8, 4) is 0 Å². The molecule has 3 nitrogen and oxygen atoms in total. The van der Waals surface area contributed by atoms with Crippen LogP contribution in [0, 0.1) is 5.92 Å². The Hall–Kier alpha value is -2.13. The zero-order valence-electron chi connectivity index (χ0n) is 16.4. The fraction of sp³-hybridized carbons (Fsp3) is 0.435. The summed E-state index contributed by atoms with van der Waals surface area (Å²) in [5, 5.41) is 0. The lowest BCUT2D eigenvalue weighted by atomic mass is 9.96. The van der Waals surface area contributed by atoms with Crippen LogP contribution >= 0.6 is 0 Å². The molecule has 3 rings (SSSR count). The molecule has 0 spiro atoms. The van der Waals surface area contributed by atoms with E-state index in [0.29, 0.717) is 12.5 Å². The van der Waals surface area contributed by atoms with Crippen molar-refractivity contribution in [3.63, 3.8) is 0 Å². The second-order valence-electron chi connectivity index (χ2n) is 7.37. The molecule has 1 atom stereocenters. The van der Waals surface area contributed by atoms with Crippen LogP contribution in [0.2, 0.25) is 0 Å². The molecule has 0 saturated carbocycles. The molecule has 0 unspecified atom stereocenters. The molecule has 0 bridgehead atoms. The molecule has 0 aliphatic rings. The summed E-state index contributed by atoms with van der Waals surface area (Å²) in [6.45, 7) is 11.1. The van der Waals surface area contributed by atoms with Gasteiger partial charge < -0.3 is 9.30 Å². The average Bonchev–Trinajstić information content (AvgIpc) is 3.00. The van der Waals surface area contributed by atoms with Crippen molar-refractivity contribution in [2.75, 3.05) is 13.2 Å². The third kappa shape index (κ3) is 4.16. The van der Waals surface area contributed by atoms with E-state index in [9.17, 15) is 0 Å². The number of nitrogens with zero attached hydrogens (tertiary/aromatic N) is 2. The Morgan fingerprint density at radius 2 is 1.73 bits per heavy atom. The van der Waals surface area contributed by atoms with Crippen molar-refractivity contribution < 1.29 is 4.74 Å². The lowest BCUT2D eigenvalue weighted by Gasteiger charge is -2.16. The minimum absolute atomic E-state index is 0.247. The Kier molecular flexibility index (Phi) is 6.10. The maximum absolute atomic E-state index is 5.60. The largest absolute Gasteiger partial charge is 0.380 e. The first kappa shape index (κ1) is 18.7. The van der Waals surface area contributed by atoms with Crippen molar-refractivity contribution in [2.45, 2.75) is 46.6 Å². The highest BCUT2D eigenvalue weighted by Gasteiger charge is 2.18. The maximum Gasteiger partial charge on any atom is 0.117 e. The van der Waals surface area contributed by atoms with Crippen LogP contribution in [-0.4, -0.2) is 22.8 Å². The van der Waals surface area contributed by atoms with Gasteiger partial charge in [0, 0.05) is 19.1 Å². The zero-order chi connectivity index (χ0) is 18.5. The van der Waals surface area contributed by atoms with Crippen LogP contribution < -0.4 is 0 Å². The van der Waals surface area contributed by atoms with Crippen LogP contribution in [0.25, 0.3) is 11.0 Å². The number of hydrogen-bond acceptors (Lipinski definition) is 2. The summed E-state index contributed by atoms with van der Waals surface area (Å²) in [5.41, 5.74) is 4.96. The second kappa shape index (κ2) is 8.50. The van der Waals surface area contributed by atoms with E-state index in [4.69, 9.17) is 9.72 Å². The molecular weight excluding hydrogens is 320 g/mol. The van der Waals surface area contributed by atoms with Gasteiger partial charge in [0.25, 0.3) is 0 Å². The highest BCUT2D eigenvalue weighted by atomic mass is 16.5. The monoisotopic (exact) mass is 350 g/mol. The van der Waals surface area contributed by atoms with Gasteiger partial charge in [-0.05, 0) is 42.5 Å². The van der Waals surface area contributed by atoms with E-state index < -0.39 is 0 Å². The predicted octanol–water partition coefficient (Wildman–Crippen LogP) is 5.42. The van der Waals surface area contributed by atoms with Crippen molar-refractivity contribution in [1.82, 2.24) is 9.55 Å². The lowest BCUT2D eigenvalue weighted by Crippen LogP contribution is -2.12. The smallest absolute Gasteiger partial charge is 0.117 e. The molecule has 2 aromatic carbocycles. The first-order valence-electron chi connectivity index (χ1n) is 9.72. The summed E-state index contributed by atoms with van der Waals surface area (Å²) < 4.78 is 7.92. The summed E-state index contributed by atoms with van der Waals surface area (Å²) in [6.07, 6.45) is 1.13. The van der Waals surface area contributed by atoms with Gasteiger partial charge in [-0.1, -0.05) is 57.2 Å². The van der Waals surface area contributed by atoms with Gasteiger partial charge in [0.15, 0.2) is 0 Å². The van der Waals surface area contributed by atoms with E-state index in [1.807, 2.05) is 6.92 Å². The van der Waals surface area contributed by atoms with E-state index in [-0.39, 0.29) is 5.92 Å². The molecule has 0 saturated heterocycles. The van der Waals surface area contributed by atoms with Crippen LogP contribution in [0.3, 0.4) is 0 Å². The van der Waals surface area contributed by atoms with Gasteiger partial charge in [-0.25, -0.2) is 4.98 Å². The van der Waals surface area contributed by atoms with Gasteiger partial charge in [0.2, 0.25) is 0 Å². The second-order valence-corrected chi connectivity index (χ2v) is 7.37. The molecule has 3 heteroatoms. The topological polar surface area (TPSA) is 27.1 Å². The summed E-state index contributed by atoms with van der Waals surface area (Å²) >= 11 is 0. The highest BCUT2D eigenvalue weighted by Crippen LogP contribution is 2.28. The van der Waals surface area contributed by atoms with Crippen LogP contribution in [0.5, 0.6) is 0 Å². The van der Waals surface area contributed by atoms with E-state index in [0.717, 1.165) is 30.9 Å². The van der Waals surface area contributed by atoms with Gasteiger partial charge in [-0.15, -0.1) is 0 Å². The number of ether oxygens (including phenoxy) is 1. The molecule has 1 aromatic heterocycles. The summed E-state index contributed by atoms with van der Waals surface area (Å²) in [5.74, 6) is 2.04. The van der Waals surface area contributed by atoms with Gasteiger partial charge in [-0.2, -0.15) is 0 Å². The first-order valence-corrected chi connectivity index (χ1v) is 9.72. The maximum atomic E-state index is 5.60. The molecule has 0 N–H and O–H groups in total. The highest BCUT2D eigenvalue weighted by molar-refractivity contribution is 5.76. The van der Waals surface area contributed by atoms with Crippen molar-refractivity contribution >= 4 is 11.0 Å². The van der Waals surface area contributed by atoms with E-state index >= 15 is 0 Å². The van der Waals surface area contributed by atoms with Crippen molar-refractivity contribution in [3.05, 3.63) is 65.5 Å². The number of aromatic nitrogens is 2. The van der Waals surface area contributed by atoms with E-state index in [1.165, 1.54) is 16.6 Å². The van der Waals surface area contributed by atoms with Crippen LogP contribution in [0.1, 0.15) is 50.6 Å². The summed E-state index contributed by atoms with van der Waals surface area (Å²) in [4.78, 5) is 4.95. The van der Waals surface area contributed by atoms with Crippen molar-refractivity contribution in [1.29, 1.82) is 0 Å². The number of rotatable bonds is 8. The van der Waals surface area contributed by atoms with Gasteiger partial charge >= 0.3 is 0 Å². The first-order chi connectivity index (χ1) is 12.6. The third-order valence-corrected chi connectivity index (χ3v) is 4.86. The minimum atomic E-state index is 0.247. The third-order valence-electron chi connectivity index (χ3n) is 4.86. The quantitative estimate of drug-likeness (QED) is 0.507. The molecule has 0 fully saturated rings. The number of imidazole rings is 1. The van der Waals surface area contributed by atoms with Crippen molar-refractivity contribution in [2.24, 2.45) is 5.92 Å². The summed E-state index contributed by atoms with van der Waals surface area (Å²) in [7, 11) is 0. The molecule has 3 aromatic rings. The van der Waals surface area contributed by atoms with Crippen LogP contribution in [0.4, 0.5) is 0 Å². The standard InChI is InChI=1S/C23H30N2O/c1-5-26-15-14-25-22-9-7-6-8-21(22)24-23(25)18(4)20-12-10-19(11-13-20)16-17(2)3/h6-13,17-18H,5,14-16H2,1-4H3/t18-/m1/s1. The normalized spacial score (nSPS) is 12.8. The Bertz CT molecular complexity index is 833. The predicted molar refractivity (Wildman–Crippen MR) is 109 cm³/mol. The molecule has 0 radical (unpaired) electrons. The molecule has 0 aliphatic carbocycles. The molecule has 0 amide bonds. The Morgan fingerprint density at radius 1 is 1.00 bits per heavy atom. The lowest BCUT2D eigenvalue weighted by molar-refractivity contribution is 0.139. The van der Waals surface area contributed by atoms with Crippen LogP contribution in [-0.2, 0) is 17.7 Å². The average molecular weight is 351 g/mol. The molecule has 0 aliphatic heterocycles. The number of hydrogen-bond donors (Lipinski definition) is 0. The molecule has 138 valence electrons. The molecule has 1 heterocycles. The van der Waals surface area contributed by atoms with E-state index in [2.05, 4.69) is 73.9 Å². The van der Waals surface area contributed by atoms with E-state index in [1.54, 1.807) is 0 Å². The van der Waals surface area contributed by atoms with Gasteiger partial charge in [0.1, 0.15) is 5.82 Å². The number of benzene rings is 2.